The average molecular weight is 398 g/mol. The molecule has 0 unspecified atom stereocenters. The number of aryl methyl sites for hydroxylation is 1. The van der Waals surface area contributed by atoms with Crippen molar-refractivity contribution in [1.82, 2.24) is 0 Å². The Kier molecular flexibility index (Phi) is 17.2. The summed E-state index contributed by atoms with van der Waals surface area (Å²) in [5.41, 5.74) is 8.91. The van der Waals surface area contributed by atoms with Gasteiger partial charge < -0.3 is 5.73 Å². The Morgan fingerprint density at radius 1 is 1.00 bits per heavy atom. The minimum absolute atomic E-state index is 1.03. The van der Waals surface area contributed by atoms with Crippen LogP contribution in [0.5, 0.6) is 0 Å². The van der Waals surface area contributed by atoms with Crippen LogP contribution >= 0.6 is 0 Å². The van der Waals surface area contributed by atoms with Crippen molar-refractivity contribution in [3.63, 3.8) is 0 Å². The van der Waals surface area contributed by atoms with Crippen molar-refractivity contribution in [2.75, 3.05) is 0 Å². The van der Waals surface area contributed by atoms with E-state index in [1.165, 1.54) is 68.9 Å². The zero-order valence-electron chi connectivity index (χ0n) is 19.9. The molecule has 0 aliphatic heterocycles. The first-order valence-corrected chi connectivity index (χ1v) is 11.8. The van der Waals surface area contributed by atoms with Gasteiger partial charge in [-0.05, 0) is 56.4 Å². The quantitative estimate of drug-likeness (QED) is 0.344. The van der Waals surface area contributed by atoms with Gasteiger partial charge in [0.15, 0.2) is 0 Å². The molecule has 1 fully saturated rings. The summed E-state index contributed by atoms with van der Waals surface area (Å²) < 4.78 is 0. The summed E-state index contributed by atoms with van der Waals surface area (Å²) in [5, 5.41) is 0. The second kappa shape index (κ2) is 18.3. The fourth-order valence-corrected chi connectivity index (χ4v) is 3.70. The van der Waals surface area contributed by atoms with Crippen molar-refractivity contribution in [3.8, 4) is 0 Å². The lowest BCUT2D eigenvalue weighted by Gasteiger charge is -2.27. The SMILES string of the molecule is C=C(C)c1ccc(C)cc1.CC.CCC1CCC(CCCC/C=C\C=C/N)CC1. The van der Waals surface area contributed by atoms with Gasteiger partial charge in [0, 0.05) is 0 Å². The van der Waals surface area contributed by atoms with Crippen LogP contribution in [0.3, 0.4) is 0 Å². The van der Waals surface area contributed by atoms with Gasteiger partial charge in [-0.2, -0.15) is 0 Å². The lowest BCUT2D eigenvalue weighted by molar-refractivity contribution is 0.254. The molecule has 164 valence electrons. The van der Waals surface area contributed by atoms with Crippen molar-refractivity contribution < 1.29 is 0 Å². The molecule has 1 saturated carbocycles. The summed E-state index contributed by atoms with van der Waals surface area (Å²) in [5.74, 6) is 2.07. The summed E-state index contributed by atoms with van der Waals surface area (Å²) in [6.45, 7) is 14.3. The van der Waals surface area contributed by atoms with E-state index in [-0.39, 0.29) is 0 Å². The molecule has 0 bridgehead atoms. The summed E-state index contributed by atoms with van der Waals surface area (Å²) in [6.07, 6.45) is 20.5. The van der Waals surface area contributed by atoms with Crippen molar-refractivity contribution in [1.29, 1.82) is 0 Å². The predicted octanol–water partition coefficient (Wildman–Crippen LogP) is 8.85. The highest BCUT2D eigenvalue weighted by molar-refractivity contribution is 5.61. The minimum Gasteiger partial charge on any atom is -0.405 e. The lowest BCUT2D eigenvalue weighted by Crippen LogP contribution is -2.13. The zero-order valence-corrected chi connectivity index (χ0v) is 19.9. The van der Waals surface area contributed by atoms with Crippen LogP contribution in [0.25, 0.3) is 5.57 Å². The molecule has 0 spiro atoms. The van der Waals surface area contributed by atoms with Crippen LogP contribution in [0.2, 0.25) is 0 Å². The molecule has 2 N–H and O–H groups in total. The maximum atomic E-state index is 5.26. The van der Waals surface area contributed by atoms with E-state index < -0.39 is 0 Å². The number of nitrogens with two attached hydrogens (primary N) is 1. The smallest absolute Gasteiger partial charge is 0.00625 e. The molecule has 2 rings (SSSR count). The normalized spacial score (nSPS) is 18.7. The molecule has 29 heavy (non-hydrogen) atoms. The first-order chi connectivity index (χ1) is 14.1. The second-order valence-electron chi connectivity index (χ2n) is 8.04. The monoisotopic (exact) mass is 397 g/mol. The second-order valence-corrected chi connectivity index (χ2v) is 8.04. The highest BCUT2D eigenvalue weighted by atomic mass is 14.5. The highest BCUT2D eigenvalue weighted by Crippen LogP contribution is 2.33. The fourth-order valence-electron chi connectivity index (χ4n) is 3.70. The molecule has 0 amide bonds. The van der Waals surface area contributed by atoms with E-state index in [9.17, 15) is 0 Å². The van der Waals surface area contributed by atoms with Gasteiger partial charge in [-0.25, -0.2) is 0 Å². The Hall–Kier alpha value is -1.76. The van der Waals surface area contributed by atoms with E-state index in [0.717, 1.165) is 17.4 Å². The first-order valence-electron chi connectivity index (χ1n) is 11.8. The van der Waals surface area contributed by atoms with Crippen LogP contribution in [0, 0.1) is 18.8 Å². The molecule has 0 saturated heterocycles. The maximum absolute atomic E-state index is 5.26. The maximum Gasteiger partial charge on any atom is -0.00625 e. The molecular weight excluding hydrogens is 350 g/mol. The van der Waals surface area contributed by atoms with E-state index in [4.69, 9.17) is 5.73 Å². The van der Waals surface area contributed by atoms with Gasteiger partial charge in [-0.3, -0.25) is 0 Å². The molecule has 0 radical (unpaired) electrons. The molecule has 1 heteroatoms. The lowest BCUT2D eigenvalue weighted by atomic mass is 9.79. The van der Waals surface area contributed by atoms with Crippen LogP contribution in [-0.4, -0.2) is 0 Å². The topological polar surface area (TPSA) is 26.0 Å². The third-order valence-electron chi connectivity index (χ3n) is 5.68. The third kappa shape index (κ3) is 14.0. The zero-order chi connectivity index (χ0) is 21.9. The fraction of sp³-hybridized carbons (Fsp3) is 0.571. The van der Waals surface area contributed by atoms with Gasteiger partial charge in [-0.1, -0.05) is 120 Å². The Morgan fingerprint density at radius 3 is 2.10 bits per heavy atom. The van der Waals surface area contributed by atoms with Crippen LogP contribution in [0.15, 0.2) is 55.3 Å². The summed E-state index contributed by atoms with van der Waals surface area (Å²) in [4.78, 5) is 0. The Balaban J connectivity index is 0.000000554. The van der Waals surface area contributed by atoms with E-state index in [1.54, 1.807) is 6.20 Å². The number of unbranched alkanes of at least 4 members (excludes halogenated alkanes) is 2. The Bertz CT molecular complexity index is 556. The summed E-state index contributed by atoms with van der Waals surface area (Å²) in [7, 11) is 0. The molecule has 0 aromatic heterocycles. The van der Waals surface area contributed by atoms with Gasteiger partial charge in [0.2, 0.25) is 0 Å². The molecule has 1 aromatic rings. The Labute approximate surface area is 182 Å². The van der Waals surface area contributed by atoms with Gasteiger partial charge >= 0.3 is 0 Å². The van der Waals surface area contributed by atoms with Crippen LogP contribution in [0.4, 0.5) is 0 Å². The van der Waals surface area contributed by atoms with Gasteiger partial charge in [0.25, 0.3) is 0 Å². The van der Waals surface area contributed by atoms with Crippen molar-refractivity contribution in [3.05, 3.63) is 66.4 Å². The van der Waals surface area contributed by atoms with E-state index in [1.807, 2.05) is 32.9 Å². The van der Waals surface area contributed by atoms with Gasteiger partial charge in [0.1, 0.15) is 0 Å². The first kappa shape index (κ1) is 27.2. The molecule has 1 aliphatic rings. The predicted molar refractivity (Wildman–Crippen MR) is 134 cm³/mol. The van der Waals surface area contributed by atoms with Crippen molar-refractivity contribution >= 4 is 5.57 Å². The number of hydrogen-bond acceptors (Lipinski definition) is 1. The summed E-state index contributed by atoms with van der Waals surface area (Å²) >= 11 is 0. The van der Waals surface area contributed by atoms with Crippen LogP contribution in [-0.2, 0) is 0 Å². The Morgan fingerprint density at radius 2 is 1.59 bits per heavy atom. The molecule has 1 aliphatic carbocycles. The molecule has 0 atom stereocenters. The molecule has 0 heterocycles. The summed E-state index contributed by atoms with van der Waals surface area (Å²) in [6, 6.07) is 8.39. The van der Waals surface area contributed by atoms with Gasteiger partial charge in [0.05, 0.1) is 0 Å². The highest BCUT2D eigenvalue weighted by Gasteiger charge is 2.19. The number of benzene rings is 1. The largest absolute Gasteiger partial charge is 0.405 e. The molecule has 1 nitrogen and oxygen atoms in total. The molecular formula is C28H47N. The van der Waals surface area contributed by atoms with Gasteiger partial charge in [-0.15, -0.1) is 0 Å². The standard InChI is InChI=1S/C16H29N.C10H12.C2H6/c1-2-15-10-12-16(13-11-15)9-7-5-3-4-6-8-14-17;1-8(2)10-6-4-9(3)5-7-10;1-2/h4,6,8,14-16H,2-3,5,7,9-13,17H2,1H3;4-7H,1H2,2-3H3;1-2H3/b6-4-,14-8-;;. The number of hydrogen-bond donors (Lipinski definition) is 1. The third-order valence-corrected chi connectivity index (χ3v) is 5.68. The average Bonchev–Trinajstić information content (AvgIpc) is 2.76. The van der Waals surface area contributed by atoms with Crippen LogP contribution < -0.4 is 5.73 Å². The van der Waals surface area contributed by atoms with E-state index in [2.05, 4.69) is 50.8 Å². The number of rotatable bonds is 8. The minimum atomic E-state index is 1.03. The number of allylic oxidation sites excluding steroid dienone is 4. The van der Waals surface area contributed by atoms with E-state index >= 15 is 0 Å². The van der Waals surface area contributed by atoms with Crippen molar-refractivity contribution in [2.45, 2.75) is 92.4 Å². The van der Waals surface area contributed by atoms with Crippen molar-refractivity contribution in [2.24, 2.45) is 17.6 Å². The molecule has 1 aromatic carbocycles. The van der Waals surface area contributed by atoms with E-state index in [0.29, 0.717) is 0 Å². The van der Waals surface area contributed by atoms with Crippen LogP contribution in [0.1, 0.15) is 96.6 Å².